The van der Waals surface area contributed by atoms with Gasteiger partial charge in [0.15, 0.2) is 0 Å². The molecule has 0 N–H and O–H groups in total. The summed E-state index contributed by atoms with van der Waals surface area (Å²) in [4.78, 5) is 0. The molecule has 0 nitrogen and oxygen atoms in total. The van der Waals surface area contributed by atoms with E-state index >= 15 is 0 Å². The van der Waals surface area contributed by atoms with Crippen LogP contribution in [0.15, 0.2) is 0 Å². The van der Waals surface area contributed by atoms with Crippen molar-refractivity contribution in [1.29, 1.82) is 0 Å². The van der Waals surface area contributed by atoms with Crippen LogP contribution >= 0.6 is 30.1 Å². The fourth-order valence-electron chi connectivity index (χ4n) is 0.727. The molecule has 0 aliphatic heterocycles. The second-order valence-corrected chi connectivity index (χ2v) is 24.7. The fourth-order valence-corrected chi connectivity index (χ4v) is 34.0. The molecular formula is C12H27AsS3. The molecule has 0 saturated heterocycles. The molecule has 0 heterocycles. The molecule has 16 heavy (non-hydrogen) atoms. The molecule has 0 radical (unpaired) electrons. The SMILES string of the molecule is CC(C)(C)S[As](SC(C)(C)C)SC(C)(C)C. The monoisotopic (exact) mass is 342 g/mol. The molecule has 4 heteroatoms. The second kappa shape index (κ2) is 6.17. The second-order valence-electron chi connectivity index (χ2n) is 6.83. The first-order valence-corrected chi connectivity index (χ1v) is 14.9. The molecule has 0 aromatic heterocycles. The van der Waals surface area contributed by atoms with Crippen LogP contribution in [0.1, 0.15) is 62.3 Å². The van der Waals surface area contributed by atoms with Crippen LogP contribution in [0.2, 0.25) is 0 Å². The van der Waals surface area contributed by atoms with Crippen molar-refractivity contribution in [3.63, 3.8) is 0 Å². The van der Waals surface area contributed by atoms with Crippen LogP contribution in [0.25, 0.3) is 0 Å². The Morgan fingerprint density at radius 2 is 0.688 bits per heavy atom. The fraction of sp³-hybridized carbons (Fsp3) is 1.00. The van der Waals surface area contributed by atoms with Crippen molar-refractivity contribution in [2.75, 3.05) is 0 Å². The molecule has 0 fully saturated rings. The molecular weight excluding hydrogens is 315 g/mol. The molecule has 0 aliphatic rings. The molecule has 0 spiro atoms. The summed E-state index contributed by atoms with van der Waals surface area (Å²) in [6.45, 7) is 21.1. The van der Waals surface area contributed by atoms with Crippen molar-refractivity contribution in [3.8, 4) is 0 Å². The van der Waals surface area contributed by atoms with Crippen LogP contribution < -0.4 is 0 Å². The van der Waals surface area contributed by atoms with E-state index in [0.29, 0.717) is 14.2 Å². The molecule has 0 atom stereocenters. The number of hydrogen-bond donors (Lipinski definition) is 0. The summed E-state index contributed by atoms with van der Waals surface area (Å²) in [7, 11) is 6.68. The third kappa shape index (κ3) is 12.1. The Kier molecular flexibility index (Phi) is 6.79. The van der Waals surface area contributed by atoms with Gasteiger partial charge in [-0.15, -0.1) is 0 Å². The van der Waals surface area contributed by atoms with Gasteiger partial charge in [-0.3, -0.25) is 0 Å². The van der Waals surface area contributed by atoms with Crippen LogP contribution in [0.4, 0.5) is 0 Å². The van der Waals surface area contributed by atoms with Crippen molar-refractivity contribution in [3.05, 3.63) is 0 Å². The molecule has 98 valence electrons. The average molecular weight is 342 g/mol. The summed E-state index contributed by atoms with van der Waals surface area (Å²) in [5.74, 6) is 0. The standard InChI is InChI=1S/C12H27AsS3/c1-10(2,3)14-13(15-11(4,5)6)16-12(7,8)9/h1-9H3. The summed E-state index contributed by atoms with van der Waals surface area (Å²) in [5, 5.41) is 0. The average Bonchev–Trinajstić information content (AvgIpc) is 1.70. The van der Waals surface area contributed by atoms with Gasteiger partial charge in [0.05, 0.1) is 0 Å². The first-order chi connectivity index (χ1) is 6.79. The third-order valence-corrected chi connectivity index (χ3v) is 23.3. The van der Waals surface area contributed by atoms with Crippen molar-refractivity contribution >= 4 is 41.3 Å². The zero-order chi connectivity index (χ0) is 13.2. The van der Waals surface area contributed by atoms with Gasteiger partial charge in [0, 0.05) is 0 Å². The maximum atomic E-state index is 2.34. The molecule has 0 amide bonds. The van der Waals surface area contributed by atoms with Gasteiger partial charge in [-0.1, -0.05) is 0 Å². The first-order valence-electron chi connectivity index (χ1n) is 5.66. The minimum absolute atomic E-state index is 0.399. The molecule has 0 saturated carbocycles. The summed E-state index contributed by atoms with van der Waals surface area (Å²) < 4.78 is 1.20. The van der Waals surface area contributed by atoms with Gasteiger partial charge >= 0.3 is 118 Å². The van der Waals surface area contributed by atoms with E-state index in [1.165, 1.54) is 0 Å². The van der Waals surface area contributed by atoms with E-state index in [2.05, 4.69) is 92.4 Å². The normalized spacial score (nSPS) is 14.6. The first kappa shape index (κ1) is 17.6. The third-order valence-electron chi connectivity index (χ3n) is 1.05. The summed E-state index contributed by atoms with van der Waals surface area (Å²) in [6.07, 6.45) is 0. The van der Waals surface area contributed by atoms with E-state index in [4.69, 9.17) is 0 Å². The van der Waals surface area contributed by atoms with Crippen LogP contribution in [0.5, 0.6) is 0 Å². The predicted molar refractivity (Wildman–Crippen MR) is 87.8 cm³/mol. The van der Waals surface area contributed by atoms with Crippen LogP contribution in [-0.4, -0.2) is 25.4 Å². The molecule has 0 aromatic rings. The van der Waals surface area contributed by atoms with Crippen LogP contribution in [0.3, 0.4) is 0 Å². The number of hydrogen-bond acceptors (Lipinski definition) is 3. The summed E-state index contributed by atoms with van der Waals surface area (Å²) in [6, 6.07) is 0. The Balaban J connectivity index is 4.53. The van der Waals surface area contributed by atoms with Gasteiger partial charge in [-0.2, -0.15) is 0 Å². The van der Waals surface area contributed by atoms with Gasteiger partial charge in [-0.25, -0.2) is 0 Å². The van der Waals surface area contributed by atoms with E-state index in [9.17, 15) is 0 Å². The molecule has 0 bridgehead atoms. The minimum atomic E-state index is -0.932. The summed E-state index contributed by atoms with van der Waals surface area (Å²) >= 11 is -0.932. The Morgan fingerprint density at radius 3 is 0.812 bits per heavy atom. The van der Waals surface area contributed by atoms with E-state index in [-0.39, 0.29) is 0 Å². The molecule has 0 aliphatic carbocycles. The van der Waals surface area contributed by atoms with Gasteiger partial charge in [0.1, 0.15) is 0 Å². The van der Waals surface area contributed by atoms with E-state index in [0.717, 1.165) is 0 Å². The van der Waals surface area contributed by atoms with E-state index in [1.54, 1.807) is 0 Å². The maximum absolute atomic E-state index is 2.34. The molecule has 0 rings (SSSR count). The molecule has 0 aromatic carbocycles. The molecule has 0 unspecified atom stereocenters. The Bertz CT molecular complexity index is 170. The van der Waals surface area contributed by atoms with Crippen molar-refractivity contribution in [2.24, 2.45) is 0 Å². The summed E-state index contributed by atoms with van der Waals surface area (Å²) in [5.41, 5.74) is 0. The van der Waals surface area contributed by atoms with E-state index < -0.39 is 11.2 Å². The van der Waals surface area contributed by atoms with Gasteiger partial charge < -0.3 is 0 Å². The Morgan fingerprint density at radius 1 is 0.500 bits per heavy atom. The van der Waals surface area contributed by atoms with Gasteiger partial charge in [-0.05, 0) is 0 Å². The van der Waals surface area contributed by atoms with Gasteiger partial charge in [0.25, 0.3) is 0 Å². The number of rotatable bonds is 3. The topological polar surface area (TPSA) is 0 Å². The van der Waals surface area contributed by atoms with Gasteiger partial charge in [0.2, 0.25) is 0 Å². The van der Waals surface area contributed by atoms with Crippen LogP contribution in [-0.2, 0) is 0 Å². The Labute approximate surface area is 117 Å². The predicted octanol–water partition coefficient (Wildman–Crippen LogP) is 5.57. The zero-order valence-corrected chi connectivity index (χ0v) is 16.5. The Hall–Kier alpha value is 1.61. The van der Waals surface area contributed by atoms with Crippen molar-refractivity contribution in [2.45, 2.75) is 76.6 Å². The van der Waals surface area contributed by atoms with Crippen molar-refractivity contribution in [1.82, 2.24) is 0 Å². The quantitative estimate of drug-likeness (QED) is 0.616. The van der Waals surface area contributed by atoms with E-state index in [1.807, 2.05) is 0 Å². The zero-order valence-electron chi connectivity index (χ0n) is 12.2. The van der Waals surface area contributed by atoms with Crippen molar-refractivity contribution < 1.29 is 0 Å². The van der Waals surface area contributed by atoms with Crippen LogP contribution in [0, 0.1) is 0 Å².